The Morgan fingerprint density at radius 3 is 2.55 bits per heavy atom. The zero-order valence-electron chi connectivity index (χ0n) is 17.7. The number of piperazine rings is 1. The summed E-state index contributed by atoms with van der Waals surface area (Å²) in [5.41, 5.74) is 3.06. The molecular weight excluding hydrogens is 414 g/mol. The van der Waals surface area contributed by atoms with Crippen LogP contribution in [-0.4, -0.2) is 68.2 Å². The number of carbonyl (C=O) groups is 1. The molecule has 0 aliphatic carbocycles. The van der Waals surface area contributed by atoms with E-state index < -0.39 is 0 Å². The molecule has 3 aliphatic heterocycles. The van der Waals surface area contributed by atoms with Crippen LogP contribution in [0.1, 0.15) is 28.8 Å². The first-order valence-electron chi connectivity index (χ1n) is 11.1. The van der Waals surface area contributed by atoms with E-state index in [2.05, 4.69) is 15.9 Å². The van der Waals surface area contributed by atoms with Gasteiger partial charge in [-0.25, -0.2) is 0 Å². The van der Waals surface area contributed by atoms with E-state index in [9.17, 15) is 4.79 Å². The van der Waals surface area contributed by atoms with E-state index in [1.807, 2.05) is 35.2 Å². The number of fused-ring (bicyclic) bond motifs is 2. The van der Waals surface area contributed by atoms with Gasteiger partial charge in [0.15, 0.2) is 11.5 Å². The largest absolute Gasteiger partial charge is 0.486 e. The molecule has 7 heteroatoms. The molecule has 1 saturated heterocycles. The van der Waals surface area contributed by atoms with E-state index in [-0.39, 0.29) is 5.91 Å². The summed E-state index contributed by atoms with van der Waals surface area (Å²) in [5, 5.41) is 0.681. The molecule has 1 amide bonds. The van der Waals surface area contributed by atoms with Gasteiger partial charge in [0.1, 0.15) is 13.2 Å². The molecule has 3 heterocycles. The Labute approximate surface area is 188 Å². The third-order valence-electron chi connectivity index (χ3n) is 6.35. The molecule has 0 saturated carbocycles. The molecule has 6 nitrogen and oxygen atoms in total. The molecule has 0 N–H and O–H groups in total. The number of rotatable bonds is 6. The molecule has 0 atom stereocenters. The van der Waals surface area contributed by atoms with Gasteiger partial charge in [0.25, 0.3) is 5.91 Å². The lowest BCUT2D eigenvalue weighted by molar-refractivity contribution is 0.0774. The fourth-order valence-corrected chi connectivity index (χ4v) is 4.89. The summed E-state index contributed by atoms with van der Waals surface area (Å²) in [6.07, 6.45) is 2.14. The number of hydrogen-bond acceptors (Lipinski definition) is 5. The van der Waals surface area contributed by atoms with Gasteiger partial charge in [0.2, 0.25) is 0 Å². The van der Waals surface area contributed by atoms with Crippen LogP contribution in [0.25, 0.3) is 0 Å². The van der Waals surface area contributed by atoms with Crippen molar-refractivity contribution in [1.29, 1.82) is 0 Å². The highest BCUT2D eigenvalue weighted by Crippen LogP contribution is 2.42. The number of nitrogens with zero attached hydrogens (tertiary/aromatic N) is 3. The lowest BCUT2D eigenvalue weighted by Gasteiger charge is -2.37. The Kier molecular flexibility index (Phi) is 5.92. The number of amides is 1. The SMILES string of the molecule is O=C1c2ccccc2CN1CCCCN1CCN(c2cc(Cl)cc3c2OCCO3)CC1. The van der Waals surface area contributed by atoms with Crippen LogP contribution in [-0.2, 0) is 6.54 Å². The first kappa shape index (κ1) is 20.5. The van der Waals surface area contributed by atoms with Gasteiger partial charge in [0.05, 0.1) is 5.69 Å². The molecule has 0 bridgehead atoms. The van der Waals surface area contributed by atoms with E-state index in [1.54, 1.807) is 0 Å². The maximum absolute atomic E-state index is 12.5. The van der Waals surface area contributed by atoms with Crippen LogP contribution in [0.3, 0.4) is 0 Å². The lowest BCUT2D eigenvalue weighted by Crippen LogP contribution is -2.47. The van der Waals surface area contributed by atoms with Crippen molar-refractivity contribution in [3.8, 4) is 11.5 Å². The zero-order valence-corrected chi connectivity index (χ0v) is 18.4. The minimum Gasteiger partial charge on any atom is -0.486 e. The van der Waals surface area contributed by atoms with Crippen LogP contribution in [0.2, 0.25) is 5.02 Å². The number of carbonyl (C=O) groups excluding carboxylic acids is 1. The van der Waals surface area contributed by atoms with Crippen LogP contribution in [0.15, 0.2) is 36.4 Å². The van der Waals surface area contributed by atoms with Crippen LogP contribution >= 0.6 is 11.6 Å². The van der Waals surface area contributed by atoms with E-state index in [4.69, 9.17) is 21.1 Å². The molecule has 0 spiro atoms. The van der Waals surface area contributed by atoms with Crippen LogP contribution in [0.4, 0.5) is 5.69 Å². The quantitative estimate of drug-likeness (QED) is 0.640. The summed E-state index contributed by atoms with van der Waals surface area (Å²) in [5.74, 6) is 1.75. The van der Waals surface area contributed by atoms with Crippen molar-refractivity contribution in [2.24, 2.45) is 0 Å². The summed E-state index contributed by atoms with van der Waals surface area (Å²) in [7, 11) is 0. The smallest absolute Gasteiger partial charge is 0.254 e. The first-order chi connectivity index (χ1) is 15.2. The molecule has 164 valence electrons. The maximum atomic E-state index is 12.5. The highest BCUT2D eigenvalue weighted by Gasteiger charge is 2.27. The fraction of sp³-hybridized carbons (Fsp3) is 0.458. The second kappa shape index (κ2) is 8.97. The Morgan fingerprint density at radius 2 is 1.71 bits per heavy atom. The summed E-state index contributed by atoms with van der Waals surface area (Å²) in [6, 6.07) is 11.8. The summed E-state index contributed by atoms with van der Waals surface area (Å²) >= 11 is 6.31. The molecule has 1 fully saturated rings. The molecule has 31 heavy (non-hydrogen) atoms. The molecular formula is C24H28ClN3O3. The number of ether oxygens (including phenoxy) is 2. The minimum absolute atomic E-state index is 0.181. The van der Waals surface area contributed by atoms with Crippen molar-refractivity contribution >= 4 is 23.2 Å². The second-order valence-electron chi connectivity index (χ2n) is 8.37. The predicted octanol–water partition coefficient (Wildman–Crippen LogP) is 3.67. The number of anilines is 1. The number of halogens is 1. The van der Waals surface area contributed by atoms with E-state index >= 15 is 0 Å². The van der Waals surface area contributed by atoms with Gasteiger partial charge in [0, 0.05) is 55.9 Å². The van der Waals surface area contributed by atoms with E-state index in [0.717, 1.165) is 87.0 Å². The van der Waals surface area contributed by atoms with Crippen molar-refractivity contribution < 1.29 is 14.3 Å². The number of hydrogen-bond donors (Lipinski definition) is 0. The Bertz CT molecular complexity index is 959. The standard InChI is InChI=1S/C24H28ClN3O3/c25-19-15-21(23-22(16-19)30-13-14-31-23)27-11-9-26(10-12-27)7-3-4-8-28-17-18-5-1-2-6-20(18)24(28)29/h1-2,5-6,15-16H,3-4,7-14,17H2. The maximum Gasteiger partial charge on any atom is 0.254 e. The lowest BCUT2D eigenvalue weighted by atomic mass is 10.1. The van der Waals surface area contributed by atoms with Crippen molar-refractivity contribution in [2.45, 2.75) is 19.4 Å². The van der Waals surface area contributed by atoms with Crippen molar-refractivity contribution in [3.05, 3.63) is 52.5 Å². The van der Waals surface area contributed by atoms with Crippen LogP contribution in [0, 0.1) is 0 Å². The van der Waals surface area contributed by atoms with Gasteiger partial charge in [-0.1, -0.05) is 29.8 Å². The zero-order chi connectivity index (χ0) is 21.2. The third kappa shape index (κ3) is 4.32. The van der Waals surface area contributed by atoms with Gasteiger partial charge in [-0.05, 0) is 37.1 Å². The predicted molar refractivity (Wildman–Crippen MR) is 122 cm³/mol. The van der Waals surface area contributed by atoms with Crippen LogP contribution < -0.4 is 14.4 Å². The summed E-state index contributed by atoms with van der Waals surface area (Å²) < 4.78 is 11.6. The average molecular weight is 442 g/mol. The highest BCUT2D eigenvalue weighted by molar-refractivity contribution is 6.31. The molecule has 0 radical (unpaired) electrons. The highest BCUT2D eigenvalue weighted by atomic mass is 35.5. The van der Waals surface area contributed by atoms with Gasteiger partial charge >= 0.3 is 0 Å². The monoisotopic (exact) mass is 441 g/mol. The fourth-order valence-electron chi connectivity index (χ4n) is 4.68. The van der Waals surface area contributed by atoms with Crippen molar-refractivity contribution in [1.82, 2.24) is 9.80 Å². The summed E-state index contributed by atoms with van der Waals surface area (Å²) in [6.45, 7) is 7.69. The minimum atomic E-state index is 0.181. The Balaban J connectivity index is 1.08. The third-order valence-corrected chi connectivity index (χ3v) is 6.57. The van der Waals surface area contributed by atoms with Gasteiger partial charge in [-0.15, -0.1) is 0 Å². The van der Waals surface area contributed by atoms with E-state index in [0.29, 0.717) is 18.2 Å². The molecule has 5 rings (SSSR count). The van der Waals surface area contributed by atoms with Crippen molar-refractivity contribution in [2.75, 3.05) is 57.4 Å². The molecule has 2 aromatic rings. The second-order valence-corrected chi connectivity index (χ2v) is 8.81. The molecule has 2 aromatic carbocycles. The average Bonchev–Trinajstić information content (AvgIpc) is 3.12. The van der Waals surface area contributed by atoms with E-state index in [1.165, 1.54) is 0 Å². The van der Waals surface area contributed by atoms with Gasteiger partial charge < -0.3 is 19.3 Å². The van der Waals surface area contributed by atoms with Gasteiger partial charge in [-0.3, -0.25) is 9.69 Å². The Morgan fingerprint density at radius 1 is 0.935 bits per heavy atom. The van der Waals surface area contributed by atoms with Crippen molar-refractivity contribution in [3.63, 3.8) is 0 Å². The van der Waals surface area contributed by atoms with Gasteiger partial charge in [-0.2, -0.15) is 0 Å². The Hall–Kier alpha value is -2.44. The normalized spacial score (nSPS) is 18.4. The molecule has 0 aromatic heterocycles. The van der Waals surface area contributed by atoms with Crippen LogP contribution in [0.5, 0.6) is 11.5 Å². The summed E-state index contributed by atoms with van der Waals surface area (Å²) in [4.78, 5) is 19.3. The first-order valence-corrected chi connectivity index (χ1v) is 11.5. The number of benzene rings is 2. The number of unbranched alkanes of at least 4 members (excludes halogenated alkanes) is 1. The molecule has 3 aliphatic rings. The molecule has 0 unspecified atom stereocenters. The topological polar surface area (TPSA) is 45.3 Å².